The van der Waals surface area contributed by atoms with Crippen molar-refractivity contribution in [2.75, 3.05) is 0 Å². The summed E-state index contributed by atoms with van der Waals surface area (Å²) < 4.78 is 41.1. The van der Waals surface area contributed by atoms with E-state index in [4.69, 9.17) is 0 Å². The summed E-state index contributed by atoms with van der Waals surface area (Å²) in [6, 6.07) is 0. The van der Waals surface area contributed by atoms with Gasteiger partial charge in [0.05, 0.1) is 0 Å². The Kier molecular flexibility index (Phi) is 6.06. The molecule has 0 saturated carbocycles. The van der Waals surface area contributed by atoms with E-state index in [2.05, 4.69) is 4.74 Å². The molecule has 16 heavy (non-hydrogen) atoms. The summed E-state index contributed by atoms with van der Waals surface area (Å²) in [6.07, 6.45) is -6.06. The topological polar surface area (TPSA) is 43.4 Å². The van der Waals surface area contributed by atoms with E-state index in [0.717, 1.165) is 6.92 Å². The predicted octanol–water partition coefficient (Wildman–Crippen LogP) is 2.63. The van der Waals surface area contributed by atoms with E-state index in [-0.39, 0.29) is 25.0 Å². The molecule has 0 aliphatic carbocycles. The van der Waals surface area contributed by atoms with Gasteiger partial charge < -0.3 is 9.53 Å². The molecule has 0 unspecified atom stereocenters. The summed E-state index contributed by atoms with van der Waals surface area (Å²) in [5, 5.41) is 0. The highest BCUT2D eigenvalue weighted by atomic mass is 19.4. The van der Waals surface area contributed by atoms with Crippen LogP contribution < -0.4 is 0 Å². The third kappa shape index (κ3) is 7.25. The van der Waals surface area contributed by atoms with Crippen LogP contribution in [0.1, 0.15) is 39.5 Å². The highest BCUT2D eigenvalue weighted by Crippen LogP contribution is 2.27. The van der Waals surface area contributed by atoms with E-state index in [9.17, 15) is 22.8 Å². The molecular weight excluding hydrogens is 225 g/mol. The summed E-state index contributed by atoms with van der Waals surface area (Å²) in [5.74, 6) is -1.01. The summed E-state index contributed by atoms with van der Waals surface area (Å²) in [4.78, 5) is 21.0. The van der Waals surface area contributed by atoms with Crippen LogP contribution in [-0.4, -0.2) is 24.0 Å². The van der Waals surface area contributed by atoms with Gasteiger partial charge in [-0.25, -0.2) is 0 Å². The van der Waals surface area contributed by atoms with Gasteiger partial charge in [0.2, 0.25) is 0 Å². The Labute approximate surface area is 92.0 Å². The average Bonchev–Trinajstić information content (AvgIpc) is 2.07. The number of ketones is 1. The van der Waals surface area contributed by atoms with Crippen molar-refractivity contribution >= 4 is 11.8 Å². The van der Waals surface area contributed by atoms with Gasteiger partial charge >= 0.3 is 12.1 Å². The number of rotatable bonds is 6. The van der Waals surface area contributed by atoms with E-state index in [0.29, 0.717) is 6.42 Å². The molecule has 3 nitrogen and oxygen atoms in total. The van der Waals surface area contributed by atoms with Crippen molar-refractivity contribution in [3.63, 3.8) is 0 Å². The first-order chi connectivity index (χ1) is 7.23. The number of carbonyl (C=O) groups is 2. The van der Waals surface area contributed by atoms with Crippen molar-refractivity contribution in [3.8, 4) is 0 Å². The van der Waals surface area contributed by atoms with Crippen LogP contribution in [0, 0.1) is 0 Å². The molecule has 0 aliphatic heterocycles. The van der Waals surface area contributed by atoms with Crippen LogP contribution in [0.5, 0.6) is 0 Å². The van der Waals surface area contributed by atoms with Crippen LogP contribution in [0.2, 0.25) is 0 Å². The van der Waals surface area contributed by atoms with E-state index in [1.54, 1.807) is 0 Å². The van der Waals surface area contributed by atoms with Crippen molar-refractivity contribution in [1.82, 2.24) is 0 Å². The molecular formula is C10H15F3O3. The van der Waals surface area contributed by atoms with E-state index >= 15 is 0 Å². The van der Waals surface area contributed by atoms with Gasteiger partial charge in [-0.05, 0) is 26.2 Å². The quantitative estimate of drug-likeness (QED) is 0.529. The van der Waals surface area contributed by atoms with Gasteiger partial charge in [0, 0.05) is 13.3 Å². The molecule has 0 fully saturated rings. The molecule has 1 atom stereocenters. The van der Waals surface area contributed by atoms with Crippen LogP contribution in [0.15, 0.2) is 0 Å². The Balaban J connectivity index is 4.03. The second kappa shape index (κ2) is 6.50. The number of ether oxygens (including phenoxy) is 1. The van der Waals surface area contributed by atoms with Crippen molar-refractivity contribution in [3.05, 3.63) is 0 Å². The summed E-state index contributed by atoms with van der Waals surface area (Å²) in [5.41, 5.74) is 0. The van der Waals surface area contributed by atoms with Crippen molar-refractivity contribution < 1.29 is 27.5 Å². The first-order valence-electron chi connectivity index (χ1n) is 4.97. The number of alkyl halides is 3. The van der Waals surface area contributed by atoms with Gasteiger partial charge in [-0.1, -0.05) is 0 Å². The number of halogens is 3. The lowest BCUT2D eigenvalue weighted by molar-refractivity contribution is -0.221. The maximum absolute atomic E-state index is 12.3. The Hall–Kier alpha value is -1.07. The van der Waals surface area contributed by atoms with Crippen LogP contribution in [0.4, 0.5) is 13.2 Å². The highest BCUT2D eigenvalue weighted by molar-refractivity contribution is 5.75. The SMILES string of the molecule is CC(=O)CCCC[C@H](OC(C)=O)C(F)(F)F. The molecule has 6 heteroatoms. The molecule has 0 aromatic carbocycles. The minimum Gasteiger partial charge on any atom is -0.453 e. The first kappa shape index (κ1) is 14.9. The van der Waals surface area contributed by atoms with Crippen LogP contribution in [0.3, 0.4) is 0 Å². The molecule has 0 bridgehead atoms. The van der Waals surface area contributed by atoms with Gasteiger partial charge in [-0.2, -0.15) is 13.2 Å². The van der Waals surface area contributed by atoms with Crippen LogP contribution >= 0.6 is 0 Å². The molecule has 94 valence electrons. The normalized spacial score (nSPS) is 13.3. The lowest BCUT2D eigenvalue weighted by Gasteiger charge is -2.19. The number of esters is 1. The third-order valence-corrected chi connectivity index (χ3v) is 1.92. The van der Waals surface area contributed by atoms with Gasteiger partial charge in [0.1, 0.15) is 5.78 Å². The van der Waals surface area contributed by atoms with E-state index in [1.807, 2.05) is 0 Å². The molecule has 0 heterocycles. The molecule has 0 aromatic rings. The van der Waals surface area contributed by atoms with Crippen molar-refractivity contribution in [1.29, 1.82) is 0 Å². The molecule has 0 radical (unpaired) electrons. The fourth-order valence-corrected chi connectivity index (χ4v) is 1.19. The second-order valence-corrected chi connectivity index (χ2v) is 3.59. The maximum atomic E-state index is 12.3. The minimum absolute atomic E-state index is 0.0592. The van der Waals surface area contributed by atoms with Gasteiger partial charge in [0.15, 0.2) is 6.10 Å². The Bertz CT molecular complexity index is 248. The summed E-state index contributed by atoms with van der Waals surface area (Å²) in [7, 11) is 0. The van der Waals surface area contributed by atoms with Crippen LogP contribution in [-0.2, 0) is 14.3 Å². The lowest BCUT2D eigenvalue weighted by Crippen LogP contribution is -2.33. The smallest absolute Gasteiger partial charge is 0.425 e. The fourth-order valence-electron chi connectivity index (χ4n) is 1.19. The predicted molar refractivity (Wildman–Crippen MR) is 50.8 cm³/mol. The Morgan fingerprint density at radius 2 is 1.75 bits per heavy atom. The van der Waals surface area contributed by atoms with Gasteiger partial charge in [0.25, 0.3) is 0 Å². The van der Waals surface area contributed by atoms with Crippen molar-refractivity contribution in [2.24, 2.45) is 0 Å². The Morgan fingerprint density at radius 1 is 1.19 bits per heavy atom. The number of hydrogen-bond donors (Lipinski definition) is 0. The summed E-state index contributed by atoms with van der Waals surface area (Å²) >= 11 is 0. The number of Topliss-reactive ketones (excluding diaryl/α,β-unsaturated/α-hetero) is 1. The molecule has 0 spiro atoms. The maximum Gasteiger partial charge on any atom is 0.425 e. The zero-order chi connectivity index (χ0) is 12.8. The van der Waals surface area contributed by atoms with E-state index < -0.39 is 18.2 Å². The van der Waals surface area contributed by atoms with Crippen LogP contribution in [0.25, 0.3) is 0 Å². The van der Waals surface area contributed by atoms with Crippen molar-refractivity contribution in [2.45, 2.75) is 51.8 Å². The number of carbonyl (C=O) groups excluding carboxylic acids is 2. The molecule has 0 saturated heterocycles. The zero-order valence-electron chi connectivity index (χ0n) is 9.26. The van der Waals surface area contributed by atoms with E-state index in [1.165, 1.54) is 6.92 Å². The average molecular weight is 240 g/mol. The molecule has 0 aliphatic rings. The first-order valence-corrected chi connectivity index (χ1v) is 4.97. The molecule has 0 amide bonds. The minimum atomic E-state index is -4.54. The third-order valence-electron chi connectivity index (χ3n) is 1.92. The van der Waals surface area contributed by atoms with Gasteiger partial charge in [-0.15, -0.1) is 0 Å². The summed E-state index contributed by atoms with van der Waals surface area (Å²) in [6.45, 7) is 2.32. The molecule has 0 N–H and O–H groups in total. The fraction of sp³-hybridized carbons (Fsp3) is 0.800. The Morgan fingerprint density at radius 3 is 2.12 bits per heavy atom. The van der Waals surface area contributed by atoms with Gasteiger partial charge in [-0.3, -0.25) is 4.79 Å². The standard InChI is InChI=1S/C10H15F3O3/c1-7(14)5-3-4-6-9(10(11,12)13)16-8(2)15/h9H,3-6H2,1-2H3/t9-/m0/s1. The molecule has 0 aromatic heterocycles. The molecule has 0 rings (SSSR count). The largest absolute Gasteiger partial charge is 0.453 e. The second-order valence-electron chi connectivity index (χ2n) is 3.59. The number of hydrogen-bond acceptors (Lipinski definition) is 3. The monoisotopic (exact) mass is 240 g/mol. The highest BCUT2D eigenvalue weighted by Gasteiger charge is 2.41. The lowest BCUT2D eigenvalue weighted by atomic mass is 10.1. The zero-order valence-corrected chi connectivity index (χ0v) is 9.26. The number of unbranched alkanes of at least 4 members (excludes halogenated alkanes) is 1.